The van der Waals surface area contributed by atoms with Gasteiger partial charge in [0.25, 0.3) is 5.91 Å². The van der Waals surface area contributed by atoms with Crippen molar-refractivity contribution >= 4 is 11.6 Å². The van der Waals surface area contributed by atoms with Crippen LogP contribution >= 0.6 is 0 Å². The molecule has 29 heavy (non-hydrogen) atoms. The number of para-hydroxylation sites is 1. The molecule has 0 spiro atoms. The molecule has 1 atom stereocenters. The second-order valence-electron chi connectivity index (χ2n) is 7.66. The smallest absolute Gasteiger partial charge is 0.377 e. The average Bonchev–Trinajstić information content (AvgIpc) is 2.86. The second kappa shape index (κ2) is 7.80. The number of benzene rings is 2. The summed E-state index contributed by atoms with van der Waals surface area (Å²) >= 11 is 0. The lowest BCUT2D eigenvalue weighted by molar-refractivity contribution is -0.138. The monoisotopic (exact) mass is 404 g/mol. The van der Waals surface area contributed by atoms with Gasteiger partial charge in [-0.15, -0.1) is 0 Å². The molecule has 4 rings (SSSR count). The van der Waals surface area contributed by atoms with Crippen LogP contribution in [0.5, 0.6) is 0 Å². The molecule has 1 saturated heterocycles. The van der Waals surface area contributed by atoms with E-state index in [0.29, 0.717) is 30.9 Å². The Balaban J connectivity index is 1.69. The molecule has 2 aliphatic rings. The van der Waals surface area contributed by atoms with Gasteiger partial charge in [0.05, 0.1) is 18.2 Å². The summed E-state index contributed by atoms with van der Waals surface area (Å²) in [5, 5.41) is 0. The van der Waals surface area contributed by atoms with Crippen molar-refractivity contribution in [3.8, 4) is 0 Å². The molecule has 0 saturated carbocycles. The van der Waals surface area contributed by atoms with Gasteiger partial charge < -0.3 is 9.64 Å². The number of fused-ring (bicyclic) bond motifs is 1. The summed E-state index contributed by atoms with van der Waals surface area (Å²) in [6, 6.07) is 11.6. The maximum atomic E-state index is 13.8. The molecule has 0 aliphatic carbocycles. The van der Waals surface area contributed by atoms with Crippen molar-refractivity contribution in [3.05, 3.63) is 64.7 Å². The van der Waals surface area contributed by atoms with E-state index in [1.807, 2.05) is 13.0 Å². The minimum Gasteiger partial charge on any atom is -0.377 e. The van der Waals surface area contributed by atoms with E-state index in [-0.39, 0.29) is 29.7 Å². The molecule has 2 aromatic rings. The number of hydrogen-bond acceptors (Lipinski definition) is 3. The van der Waals surface area contributed by atoms with Crippen molar-refractivity contribution in [3.63, 3.8) is 0 Å². The number of ether oxygens (including phenoxy) is 1. The van der Waals surface area contributed by atoms with Gasteiger partial charge in [-0.2, -0.15) is 13.2 Å². The molecule has 2 heterocycles. The number of alkyl halides is 3. The van der Waals surface area contributed by atoms with Crippen molar-refractivity contribution in [2.45, 2.75) is 38.7 Å². The molecule has 1 unspecified atom stereocenters. The van der Waals surface area contributed by atoms with Gasteiger partial charge in [0.2, 0.25) is 0 Å². The zero-order valence-electron chi connectivity index (χ0n) is 16.2. The highest BCUT2D eigenvalue weighted by molar-refractivity contribution is 6.10. The molecule has 1 fully saturated rings. The van der Waals surface area contributed by atoms with Crippen LogP contribution < -0.4 is 4.90 Å². The summed E-state index contributed by atoms with van der Waals surface area (Å²) in [5.74, 6) is -0.383. The predicted molar refractivity (Wildman–Crippen MR) is 104 cm³/mol. The van der Waals surface area contributed by atoms with E-state index >= 15 is 0 Å². The predicted octanol–water partition coefficient (Wildman–Crippen LogP) is 4.48. The summed E-state index contributed by atoms with van der Waals surface area (Å²) in [4.78, 5) is 16.5. The Morgan fingerprint density at radius 2 is 1.93 bits per heavy atom. The maximum absolute atomic E-state index is 13.8. The van der Waals surface area contributed by atoms with E-state index in [4.69, 9.17) is 4.74 Å². The minimum atomic E-state index is -4.51. The highest BCUT2D eigenvalue weighted by Crippen LogP contribution is 2.39. The molecule has 154 valence electrons. The largest absolute Gasteiger partial charge is 0.416 e. The lowest BCUT2D eigenvalue weighted by Gasteiger charge is -2.23. The van der Waals surface area contributed by atoms with Crippen LogP contribution in [0.2, 0.25) is 0 Å². The number of carbonyl (C=O) groups excluding carboxylic acids is 1. The number of hydrogen-bond donors (Lipinski definition) is 0. The summed E-state index contributed by atoms with van der Waals surface area (Å²) in [6.07, 6.45) is -3.64. The van der Waals surface area contributed by atoms with E-state index in [1.165, 1.54) is 11.0 Å². The van der Waals surface area contributed by atoms with Crippen LogP contribution in [-0.4, -0.2) is 36.6 Å². The van der Waals surface area contributed by atoms with E-state index in [1.54, 1.807) is 30.3 Å². The normalized spacial score (nSPS) is 20.6. The van der Waals surface area contributed by atoms with E-state index < -0.39 is 11.7 Å². The van der Waals surface area contributed by atoms with Crippen LogP contribution in [0.15, 0.2) is 42.5 Å². The van der Waals surface area contributed by atoms with Gasteiger partial charge in [0, 0.05) is 37.5 Å². The van der Waals surface area contributed by atoms with E-state index in [9.17, 15) is 18.0 Å². The van der Waals surface area contributed by atoms with Crippen LogP contribution in [0.4, 0.5) is 18.9 Å². The topological polar surface area (TPSA) is 32.8 Å². The number of amides is 1. The van der Waals surface area contributed by atoms with Crippen LogP contribution in [-0.2, 0) is 24.0 Å². The van der Waals surface area contributed by atoms with Crippen molar-refractivity contribution in [1.29, 1.82) is 0 Å². The quantitative estimate of drug-likeness (QED) is 0.757. The first-order valence-corrected chi connectivity index (χ1v) is 9.77. The third kappa shape index (κ3) is 4.16. The molecule has 1 amide bonds. The Kier molecular flexibility index (Phi) is 5.36. The highest BCUT2D eigenvalue weighted by atomic mass is 19.4. The van der Waals surface area contributed by atoms with E-state index in [2.05, 4.69) is 4.90 Å². The Labute approximate surface area is 167 Å². The fourth-order valence-electron chi connectivity index (χ4n) is 4.11. The SMILES string of the molecule is CC1CN(Cc2cc3c(c(C(F)(F)F)c2)CN(c2ccccc2)C3=O)CCCO1. The Bertz CT molecular complexity index is 899. The molecular formula is C22H23F3N2O2. The van der Waals surface area contributed by atoms with Gasteiger partial charge in [-0.3, -0.25) is 9.69 Å². The van der Waals surface area contributed by atoms with Gasteiger partial charge in [0.1, 0.15) is 0 Å². The Hall–Kier alpha value is -2.38. The molecule has 4 nitrogen and oxygen atoms in total. The van der Waals surface area contributed by atoms with Crippen molar-refractivity contribution in [2.24, 2.45) is 0 Å². The van der Waals surface area contributed by atoms with Crippen LogP contribution in [0.25, 0.3) is 0 Å². The van der Waals surface area contributed by atoms with Gasteiger partial charge in [0.15, 0.2) is 0 Å². The van der Waals surface area contributed by atoms with Crippen molar-refractivity contribution in [1.82, 2.24) is 4.90 Å². The zero-order chi connectivity index (χ0) is 20.6. The van der Waals surface area contributed by atoms with Gasteiger partial charge in [-0.05, 0) is 48.7 Å². The summed E-state index contributed by atoms with van der Waals surface area (Å²) in [5.41, 5.74) is 0.603. The number of carbonyl (C=O) groups is 1. The van der Waals surface area contributed by atoms with E-state index in [0.717, 1.165) is 13.0 Å². The van der Waals surface area contributed by atoms with Gasteiger partial charge in [-0.25, -0.2) is 0 Å². The summed E-state index contributed by atoms with van der Waals surface area (Å²) < 4.78 is 47.1. The number of anilines is 1. The molecule has 7 heteroatoms. The number of rotatable bonds is 3. The maximum Gasteiger partial charge on any atom is 0.416 e. The second-order valence-corrected chi connectivity index (χ2v) is 7.66. The molecule has 2 aromatic carbocycles. The van der Waals surface area contributed by atoms with Crippen LogP contribution in [0.3, 0.4) is 0 Å². The molecular weight excluding hydrogens is 381 g/mol. The first-order chi connectivity index (χ1) is 13.8. The van der Waals surface area contributed by atoms with Gasteiger partial charge in [-0.1, -0.05) is 18.2 Å². The summed E-state index contributed by atoms with van der Waals surface area (Å²) in [6.45, 7) is 4.32. The Morgan fingerprint density at radius 1 is 1.17 bits per heavy atom. The van der Waals surface area contributed by atoms with Gasteiger partial charge >= 0.3 is 6.18 Å². The molecule has 0 radical (unpaired) electrons. The zero-order valence-corrected chi connectivity index (χ0v) is 16.2. The van der Waals surface area contributed by atoms with Crippen LogP contribution in [0, 0.1) is 0 Å². The first-order valence-electron chi connectivity index (χ1n) is 9.77. The lowest BCUT2D eigenvalue weighted by Crippen LogP contribution is -2.30. The average molecular weight is 404 g/mol. The third-order valence-electron chi connectivity index (χ3n) is 5.42. The first kappa shape index (κ1) is 19.9. The highest BCUT2D eigenvalue weighted by Gasteiger charge is 2.40. The van der Waals surface area contributed by atoms with Crippen LogP contribution in [0.1, 0.15) is 40.4 Å². The number of halogens is 3. The molecule has 0 aromatic heterocycles. The third-order valence-corrected chi connectivity index (χ3v) is 5.42. The molecule has 2 aliphatic heterocycles. The fraction of sp³-hybridized carbons (Fsp3) is 0.409. The van der Waals surface area contributed by atoms with Crippen molar-refractivity contribution in [2.75, 3.05) is 24.6 Å². The molecule has 0 N–H and O–H groups in total. The summed E-state index contributed by atoms with van der Waals surface area (Å²) in [7, 11) is 0. The molecule has 0 bridgehead atoms. The fourth-order valence-corrected chi connectivity index (χ4v) is 4.11. The number of nitrogens with zero attached hydrogens (tertiary/aromatic N) is 2. The minimum absolute atomic E-state index is 0.0317. The lowest BCUT2D eigenvalue weighted by atomic mass is 9.98. The standard InChI is InChI=1S/C22H23F3N2O2/c1-15-12-26(8-5-9-29-15)13-16-10-18-19(20(11-16)22(23,24)25)14-27(21(18)28)17-6-3-2-4-7-17/h2-4,6-7,10-11,15H,5,8-9,12-14H2,1H3. The van der Waals surface area contributed by atoms with Crippen molar-refractivity contribution < 1.29 is 22.7 Å². The Morgan fingerprint density at radius 3 is 2.66 bits per heavy atom.